The fraction of sp³-hybridized carbons (Fsp3) is 0.433. The molecule has 0 radical (unpaired) electrons. The lowest BCUT2D eigenvalue weighted by atomic mass is 9.84. The van der Waals surface area contributed by atoms with Crippen molar-refractivity contribution in [3.63, 3.8) is 0 Å². The number of nitrogens with zero attached hydrogens (tertiary/aromatic N) is 2. The Hall–Kier alpha value is -3.41. The van der Waals surface area contributed by atoms with E-state index in [0.29, 0.717) is 25.8 Å². The molecule has 2 amide bonds. The molecule has 1 saturated heterocycles. The zero-order chi connectivity index (χ0) is 25.0. The minimum atomic E-state index is -0.370. The molecule has 5 rings (SSSR count). The van der Waals surface area contributed by atoms with Crippen LogP contribution in [0.3, 0.4) is 0 Å². The Morgan fingerprint density at radius 2 is 1.72 bits per heavy atom. The van der Waals surface area contributed by atoms with Gasteiger partial charge in [-0.05, 0) is 67.2 Å². The Kier molecular flexibility index (Phi) is 7.21. The van der Waals surface area contributed by atoms with E-state index in [0.717, 1.165) is 31.4 Å². The van der Waals surface area contributed by atoms with E-state index in [1.807, 2.05) is 25.2 Å². The first-order valence-corrected chi connectivity index (χ1v) is 13.3. The lowest BCUT2D eigenvalue weighted by Crippen LogP contribution is -2.44. The van der Waals surface area contributed by atoms with Gasteiger partial charge in [-0.25, -0.2) is 0 Å². The number of benzene rings is 2. The number of hydrogen-bond acceptors (Lipinski definition) is 3. The van der Waals surface area contributed by atoms with Gasteiger partial charge in [0.1, 0.15) is 0 Å². The van der Waals surface area contributed by atoms with E-state index in [1.165, 1.54) is 47.2 Å². The number of aromatic nitrogens is 2. The molecule has 1 fully saturated rings. The first kappa shape index (κ1) is 24.3. The molecule has 0 saturated carbocycles. The molecular weight excluding hydrogens is 448 g/mol. The number of carbonyl (C=O) groups excluding carboxylic acids is 2. The normalized spacial score (nSPS) is 19.4. The number of fused-ring (bicyclic) bond motifs is 1. The molecule has 1 atom stereocenters. The Morgan fingerprint density at radius 3 is 2.47 bits per heavy atom. The zero-order valence-corrected chi connectivity index (χ0v) is 21.2. The summed E-state index contributed by atoms with van der Waals surface area (Å²) in [5, 5.41) is 11.0. The topological polar surface area (TPSA) is 78.1 Å². The zero-order valence-electron chi connectivity index (χ0n) is 21.2. The summed E-state index contributed by atoms with van der Waals surface area (Å²) in [6, 6.07) is 18.9. The van der Waals surface area contributed by atoms with Crippen LogP contribution in [0.2, 0.25) is 0 Å². The van der Waals surface area contributed by atoms with Gasteiger partial charge in [-0.3, -0.25) is 14.7 Å². The second kappa shape index (κ2) is 10.7. The molecule has 2 aliphatic rings. The molecule has 1 unspecified atom stereocenters. The minimum Gasteiger partial charge on any atom is -0.350 e. The highest BCUT2D eigenvalue weighted by atomic mass is 16.2. The van der Waals surface area contributed by atoms with Gasteiger partial charge in [0.2, 0.25) is 11.8 Å². The molecule has 1 aliphatic carbocycles. The average Bonchev–Trinajstić information content (AvgIpc) is 3.36. The second-order valence-electron chi connectivity index (χ2n) is 10.5. The summed E-state index contributed by atoms with van der Waals surface area (Å²) in [6.07, 6.45) is 8.79. The SMILES string of the molecule is CN(Cc1n[nH]c2c1CCCCC2)C(=O)CCC1(Cc2ccc(-c3ccccc3)cc2)CCC(=O)N1. The fourth-order valence-corrected chi connectivity index (χ4v) is 5.73. The fourth-order valence-electron chi connectivity index (χ4n) is 5.73. The van der Waals surface area contributed by atoms with Crippen LogP contribution >= 0.6 is 0 Å². The van der Waals surface area contributed by atoms with E-state index < -0.39 is 0 Å². The lowest BCUT2D eigenvalue weighted by Gasteiger charge is -2.30. The molecule has 0 spiro atoms. The number of H-pyrrole nitrogens is 1. The second-order valence-corrected chi connectivity index (χ2v) is 10.5. The molecule has 6 heteroatoms. The van der Waals surface area contributed by atoms with Crippen LogP contribution in [-0.4, -0.2) is 39.5 Å². The Morgan fingerprint density at radius 1 is 0.972 bits per heavy atom. The average molecular weight is 485 g/mol. The van der Waals surface area contributed by atoms with Crippen LogP contribution in [0, 0.1) is 0 Å². The molecule has 1 aromatic heterocycles. The summed E-state index contributed by atoms with van der Waals surface area (Å²) >= 11 is 0. The van der Waals surface area contributed by atoms with E-state index in [1.54, 1.807) is 4.90 Å². The largest absolute Gasteiger partial charge is 0.350 e. The van der Waals surface area contributed by atoms with Gasteiger partial charge < -0.3 is 10.2 Å². The molecule has 188 valence electrons. The monoisotopic (exact) mass is 484 g/mol. The van der Waals surface area contributed by atoms with Crippen molar-refractivity contribution in [3.05, 3.63) is 77.1 Å². The van der Waals surface area contributed by atoms with Gasteiger partial charge in [0.15, 0.2) is 0 Å². The summed E-state index contributed by atoms with van der Waals surface area (Å²) in [4.78, 5) is 27.1. The van der Waals surface area contributed by atoms with Crippen molar-refractivity contribution in [1.29, 1.82) is 0 Å². The number of nitrogens with one attached hydrogen (secondary N) is 2. The molecule has 6 nitrogen and oxygen atoms in total. The van der Waals surface area contributed by atoms with E-state index >= 15 is 0 Å². The molecule has 2 aromatic carbocycles. The van der Waals surface area contributed by atoms with Crippen molar-refractivity contribution >= 4 is 11.8 Å². The highest BCUT2D eigenvalue weighted by molar-refractivity contribution is 5.80. The van der Waals surface area contributed by atoms with Crippen molar-refractivity contribution < 1.29 is 9.59 Å². The van der Waals surface area contributed by atoms with Crippen LogP contribution in [0.25, 0.3) is 11.1 Å². The number of carbonyl (C=O) groups is 2. The van der Waals surface area contributed by atoms with Crippen LogP contribution < -0.4 is 5.32 Å². The predicted molar refractivity (Wildman–Crippen MR) is 141 cm³/mol. The summed E-state index contributed by atoms with van der Waals surface area (Å²) in [5.74, 6) is 0.177. The summed E-state index contributed by atoms with van der Waals surface area (Å²) in [7, 11) is 1.86. The highest BCUT2D eigenvalue weighted by Crippen LogP contribution is 2.31. The van der Waals surface area contributed by atoms with Gasteiger partial charge in [0.25, 0.3) is 0 Å². The van der Waals surface area contributed by atoms with Crippen molar-refractivity contribution in [2.75, 3.05) is 7.05 Å². The standard InChI is InChI=1S/C30H36N4O2/c1-34(21-27-25-10-6-3-7-11-26(25)32-33-27)29(36)17-19-30(18-16-28(35)31-30)20-22-12-14-24(15-13-22)23-8-4-2-5-9-23/h2,4-5,8-9,12-15H,3,6-7,10-11,16-21H2,1H3,(H,31,35)(H,32,33). The maximum Gasteiger partial charge on any atom is 0.222 e. The van der Waals surface area contributed by atoms with Crippen molar-refractivity contribution in [3.8, 4) is 11.1 Å². The first-order valence-electron chi connectivity index (χ1n) is 13.3. The predicted octanol–water partition coefficient (Wildman–Crippen LogP) is 4.98. The molecule has 1 aliphatic heterocycles. The van der Waals surface area contributed by atoms with Gasteiger partial charge in [-0.2, -0.15) is 5.10 Å². The van der Waals surface area contributed by atoms with E-state index in [-0.39, 0.29) is 17.4 Å². The number of hydrogen-bond donors (Lipinski definition) is 2. The maximum atomic E-state index is 13.1. The number of aromatic amines is 1. The van der Waals surface area contributed by atoms with Gasteiger partial charge in [0, 0.05) is 31.1 Å². The van der Waals surface area contributed by atoms with Gasteiger partial charge in [-0.15, -0.1) is 0 Å². The summed E-state index contributed by atoms with van der Waals surface area (Å²) < 4.78 is 0. The molecule has 3 aromatic rings. The molecule has 0 bridgehead atoms. The summed E-state index contributed by atoms with van der Waals surface area (Å²) in [6.45, 7) is 0.533. The van der Waals surface area contributed by atoms with Crippen molar-refractivity contribution in [1.82, 2.24) is 20.4 Å². The Balaban J connectivity index is 1.22. The van der Waals surface area contributed by atoms with E-state index in [2.05, 4.69) is 51.9 Å². The number of rotatable bonds is 8. The molecule has 2 heterocycles. The maximum absolute atomic E-state index is 13.1. The molecule has 36 heavy (non-hydrogen) atoms. The third-order valence-electron chi connectivity index (χ3n) is 7.86. The van der Waals surface area contributed by atoms with Gasteiger partial charge >= 0.3 is 0 Å². The lowest BCUT2D eigenvalue weighted by molar-refractivity contribution is -0.131. The van der Waals surface area contributed by atoms with Crippen molar-refractivity contribution in [2.24, 2.45) is 0 Å². The molecule has 2 N–H and O–H groups in total. The van der Waals surface area contributed by atoms with Crippen LogP contribution in [0.4, 0.5) is 0 Å². The van der Waals surface area contributed by atoms with E-state index in [4.69, 9.17) is 0 Å². The number of aryl methyl sites for hydroxylation is 1. The van der Waals surface area contributed by atoms with Crippen LogP contribution in [0.1, 0.15) is 67.5 Å². The third kappa shape index (κ3) is 5.53. The van der Waals surface area contributed by atoms with Crippen molar-refractivity contribution in [2.45, 2.75) is 76.3 Å². The first-order chi connectivity index (χ1) is 17.5. The molecular formula is C30H36N4O2. The summed E-state index contributed by atoms with van der Waals surface area (Å²) in [5.41, 5.74) is 6.74. The number of amides is 2. The van der Waals surface area contributed by atoms with Crippen LogP contribution in [0.5, 0.6) is 0 Å². The Labute approximate surface area is 213 Å². The van der Waals surface area contributed by atoms with Crippen LogP contribution in [0.15, 0.2) is 54.6 Å². The quantitative estimate of drug-likeness (QED) is 0.443. The minimum absolute atomic E-state index is 0.0796. The van der Waals surface area contributed by atoms with Gasteiger partial charge in [0.05, 0.1) is 12.2 Å². The smallest absolute Gasteiger partial charge is 0.222 e. The van der Waals surface area contributed by atoms with Crippen LogP contribution in [-0.2, 0) is 35.4 Å². The van der Waals surface area contributed by atoms with Gasteiger partial charge in [-0.1, -0.05) is 61.0 Å². The van der Waals surface area contributed by atoms with E-state index in [9.17, 15) is 9.59 Å². The Bertz CT molecular complexity index is 1200. The highest BCUT2D eigenvalue weighted by Gasteiger charge is 2.38. The third-order valence-corrected chi connectivity index (χ3v) is 7.86.